The number of ether oxygens (including phenoxy) is 2. The van der Waals surface area contributed by atoms with E-state index in [1.807, 2.05) is 63.2 Å². The molecule has 10 heteroatoms. The number of rotatable bonds is 15. The Kier molecular flexibility index (Phi) is 11.8. The molecule has 0 aromatic heterocycles. The fraction of sp³-hybridized carbons (Fsp3) is 0.278. The van der Waals surface area contributed by atoms with Gasteiger partial charge in [-0.1, -0.05) is 60.2 Å². The summed E-state index contributed by atoms with van der Waals surface area (Å²) in [4.78, 5) is 29.7. The zero-order valence-electron chi connectivity index (χ0n) is 26.7. The van der Waals surface area contributed by atoms with Crippen LogP contribution in [0.4, 0.5) is 5.69 Å². The van der Waals surface area contributed by atoms with Gasteiger partial charge in [0.05, 0.1) is 24.3 Å². The molecule has 1 N–H and O–H groups in total. The van der Waals surface area contributed by atoms with Gasteiger partial charge >= 0.3 is 0 Å². The molecule has 0 aliphatic rings. The van der Waals surface area contributed by atoms with E-state index >= 15 is 0 Å². The summed E-state index contributed by atoms with van der Waals surface area (Å²) in [6, 6.07) is 28.8. The fourth-order valence-electron chi connectivity index (χ4n) is 5.06. The molecule has 4 aromatic carbocycles. The topological polar surface area (TPSA) is 105 Å². The van der Waals surface area contributed by atoms with Gasteiger partial charge in [-0.25, -0.2) is 8.42 Å². The number of amides is 2. The average Bonchev–Trinajstić information content (AvgIpc) is 3.06. The number of carbonyl (C=O) groups is 2. The van der Waals surface area contributed by atoms with Gasteiger partial charge in [0.25, 0.3) is 10.0 Å². The van der Waals surface area contributed by atoms with Crippen LogP contribution in [0.2, 0.25) is 0 Å². The predicted molar refractivity (Wildman–Crippen MR) is 179 cm³/mol. The highest BCUT2D eigenvalue weighted by Gasteiger charge is 2.34. The Hall–Kier alpha value is -4.83. The summed E-state index contributed by atoms with van der Waals surface area (Å²) in [7, 11) is -2.64. The number of hydrogen-bond donors (Lipinski definition) is 1. The molecule has 0 radical (unpaired) electrons. The van der Waals surface area contributed by atoms with Crippen LogP contribution >= 0.6 is 0 Å². The number of carbonyl (C=O) groups excluding carboxylic acids is 2. The number of nitrogens with one attached hydrogen (secondary N) is 1. The van der Waals surface area contributed by atoms with E-state index in [0.717, 1.165) is 21.0 Å². The van der Waals surface area contributed by atoms with Crippen LogP contribution in [-0.4, -0.2) is 58.0 Å². The Labute approximate surface area is 271 Å². The first-order valence-corrected chi connectivity index (χ1v) is 16.7. The second-order valence-corrected chi connectivity index (χ2v) is 12.6. The van der Waals surface area contributed by atoms with Crippen molar-refractivity contribution >= 4 is 27.5 Å². The van der Waals surface area contributed by atoms with Crippen molar-refractivity contribution in [3.63, 3.8) is 0 Å². The molecule has 1 unspecified atom stereocenters. The first kappa shape index (κ1) is 34.1. The number of sulfonamides is 1. The molecule has 2 amide bonds. The maximum atomic E-state index is 14.5. The monoisotopic (exact) mass is 643 g/mol. The van der Waals surface area contributed by atoms with Crippen molar-refractivity contribution in [2.75, 3.05) is 31.1 Å². The molecule has 0 saturated carbocycles. The lowest BCUT2D eigenvalue weighted by Gasteiger charge is -2.34. The van der Waals surface area contributed by atoms with E-state index in [1.165, 1.54) is 17.0 Å². The van der Waals surface area contributed by atoms with E-state index in [9.17, 15) is 18.0 Å². The van der Waals surface area contributed by atoms with Crippen molar-refractivity contribution in [1.82, 2.24) is 10.2 Å². The van der Waals surface area contributed by atoms with Crippen LogP contribution in [0.1, 0.15) is 30.5 Å². The van der Waals surface area contributed by atoms with Gasteiger partial charge in [-0.05, 0) is 80.4 Å². The molecular weight excluding hydrogens is 602 g/mol. The van der Waals surface area contributed by atoms with Gasteiger partial charge in [0.15, 0.2) is 0 Å². The number of nitrogens with zero attached hydrogens (tertiary/aromatic N) is 2. The highest BCUT2D eigenvalue weighted by Crippen LogP contribution is 2.27. The predicted octanol–water partition coefficient (Wildman–Crippen LogP) is 5.37. The molecule has 242 valence electrons. The van der Waals surface area contributed by atoms with Gasteiger partial charge in [0.2, 0.25) is 11.8 Å². The standard InChI is InChI=1S/C36H41N3O6S/c1-5-37-36(41)34(24-28-11-8-7-9-12-28)38(25-29-13-10-14-32(23-29)44-4)35(40)26-39(30-17-19-31(20-18-30)45-6-2)46(42,43)33-21-15-27(3)16-22-33/h7-23,34H,5-6,24-26H2,1-4H3,(H,37,41). The van der Waals surface area contributed by atoms with Crippen LogP contribution < -0.4 is 19.1 Å². The van der Waals surface area contributed by atoms with Crippen molar-refractivity contribution in [2.24, 2.45) is 0 Å². The summed E-state index contributed by atoms with van der Waals surface area (Å²) in [6.45, 7) is 5.86. The van der Waals surface area contributed by atoms with Gasteiger partial charge in [0.1, 0.15) is 24.1 Å². The van der Waals surface area contributed by atoms with Crippen LogP contribution in [0, 0.1) is 6.92 Å². The fourth-order valence-corrected chi connectivity index (χ4v) is 6.47. The third-order valence-electron chi connectivity index (χ3n) is 7.43. The van der Waals surface area contributed by atoms with Gasteiger partial charge in [-0.15, -0.1) is 0 Å². The summed E-state index contributed by atoms with van der Waals surface area (Å²) >= 11 is 0. The highest BCUT2D eigenvalue weighted by molar-refractivity contribution is 7.92. The molecule has 0 fully saturated rings. The SMILES string of the molecule is CCNC(=O)C(Cc1ccccc1)N(Cc1cccc(OC)c1)C(=O)CN(c1ccc(OCC)cc1)S(=O)(=O)c1ccc(C)cc1. The van der Waals surface area contributed by atoms with E-state index in [2.05, 4.69) is 5.32 Å². The summed E-state index contributed by atoms with van der Waals surface area (Å²) < 4.78 is 40.4. The van der Waals surface area contributed by atoms with Crippen molar-refractivity contribution in [1.29, 1.82) is 0 Å². The Morgan fingerprint density at radius 3 is 2.13 bits per heavy atom. The maximum Gasteiger partial charge on any atom is 0.264 e. The molecule has 4 aromatic rings. The zero-order valence-corrected chi connectivity index (χ0v) is 27.5. The van der Waals surface area contributed by atoms with Crippen molar-refractivity contribution in [3.05, 3.63) is 120 Å². The molecule has 0 aliphatic heterocycles. The molecule has 1 atom stereocenters. The van der Waals surface area contributed by atoms with Gasteiger partial charge < -0.3 is 19.7 Å². The summed E-state index contributed by atoms with van der Waals surface area (Å²) in [5.74, 6) is 0.292. The maximum absolute atomic E-state index is 14.5. The van der Waals surface area contributed by atoms with E-state index in [4.69, 9.17) is 9.47 Å². The zero-order chi connectivity index (χ0) is 33.1. The van der Waals surface area contributed by atoms with Crippen LogP contribution in [0.5, 0.6) is 11.5 Å². The first-order chi connectivity index (χ1) is 22.2. The summed E-state index contributed by atoms with van der Waals surface area (Å²) in [6.07, 6.45) is 0.232. The smallest absolute Gasteiger partial charge is 0.264 e. The van der Waals surface area contributed by atoms with Gasteiger partial charge in [-0.2, -0.15) is 0 Å². The quantitative estimate of drug-likeness (QED) is 0.187. The second-order valence-electron chi connectivity index (χ2n) is 10.7. The minimum absolute atomic E-state index is 0.0451. The molecule has 0 aliphatic carbocycles. The first-order valence-electron chi connectivity index (χ1n) is 15.2. The Morgan fingerprint density at radius 2 is 1.50 bits per heavy atom. The molecular formula is C36H41N3O6S. The van der Waals surface area contributed by atoms with Crippen LogP contribution in [0.15, 0.2) is 108 Å². The minimum atomic E-state index is -4.20. The summed E-state index contributed by atoms with van der Waals surface area (Å²) in [5, 5.41) is 2.87. The number of benzene rings is 4. The number of methoxy groups -OCH3 is 1. The highest BCUT2D eigenvalue weighted by atomic mass is 32.2. The number of likely N-dealkylation sites (N-methyl/N-ethyl adjacent to an activating group) is 1. The van der Waals surface area contributed by atoms with Crippen LogP contribution in [0.25, 0.3) is 0 Å². The van der Waals surface area contributed by atoms with E-state index in [1.54, 1.807) is 55.6 Å². The molecule has 0 saturated heterocycles. The van der Waals surface area contributed by atoms with Crippen molar-refractivity contribution in [2.45, 2.75) is 44.7 Å². The van der Waals surface area contributed by atoms with Crippen LogP contribution in [-0.2, 0) is 32.6 Å². The molecule has 0 spiro atoms. The van der Waals surface area contributed by atoms with Gasteiger partial charge in [-0.3, -0.25) is 13.9 Å². The third kappa shape index (κ3) is 8.66. The Balaban J connectivity index is 1.80. The molecule has 46 heavy (non-hydrogen) atoms. The Bertz CT molecular complexity index is 1690. The lowest BCUT2D eigenvalue weighted by atomic mass is 10.0. The molecule has 0 bridgehead atoms. The van der Waals surface area contributed by atoms with E-state index < -0.39 is 28.5 Å². The van der Waals surface area contributed by atoms with Crippen molar-refractivity contribution in [3.8, 4) is 11.5 Å². The number of aryl methyl sites for hydroxylation is 1. The number of hydrogen-bond acceptors (Lipinski definition) is 6. The lowest BCUT2D eigenvalue weighted by molar-refractivity contribution is -0.140. The number of anilines is 1. The van der Waals surface area contributed by atoms with Crippen LogP contribution in [0.3, 0.4) is 0 Å². The lowest BCUT2D eigenvalue weighted by Crippen LogP contribution is -2.53. The second kappa shape index (κ2) is 15.9. The average molecular weight is 644 g/mol. The van der Waals surface area contributed by atoms with E-state index in [-0.39, 0.29) is 29.5 Å². The largest absolute Gasteiger partial charge is 0.497 e. The molecule has 0 heterocycles. The van der Waals surface area contributed by atoms with Crippen molar-refractivity contribution < 1.29 is 27.5 Å². The normalized spacial score (nSPS) is 11.7. The molecule has 9 nitrogen and oxygen atoms in total. The summed E-state index contributed by atoms with van der Waals surface area (Å²) in [5.41, 5.74) is 2.77. The minimum Gasteiger partial charge on any atom is -0.497 e. The molecule has 4 rings (SSSR count). The van der Waals surface area contributed by atoms with E-state index in [0.29, 0.717) is 24.7 Å². The third-order valence-corrected chi connectivity index (χ3v) is 9.22. The van der Waals surface area contributed by atoms with Gasteiger partial charge in [0, 0.05) is 19.5 Å². The Morgan fingerprint density at radius 1 is 0.826 bits per heavy atom.